The van der Waals surface area contributed by atoms with Crippen molar-refractivity contribution in [2.75, 3.05) is 20.7 Å². The lowest BCUT2D eigenvalue weighted by atomic mass is 10.2. The first-order valence-electron chi connectivity index (χ1n) is 4.62. The van der Waals surface area contributed by atoms with E-state index in [0.29, 0.717) is 11.3 Å². The van der Waals surface area contributed by atoms with Gasteiger partial charge in [0.2, 0.25) is 0 Å². The van der Waals surface area contributed by atoms with E-state index in [0.717, 1.165) is 4.47 Å². The minimum atomic E-state index is -0.135. The highest BCUT2D eigenvalue weighted by atomic mass is 79.9. The van der Waals surface area contributed by atoms with Crippen LogP contribution in [0.15, 0.2) is 22.7 Å². The van der Waals surface area contributed by atoms with Gasteiger partial charge in [0, 0.05) is 11.5 Å². The zero-order valence-corrected chi connectivity index (χ0v) is 10.7. The van der Waals surface area contributed by atoms with Crippen molar-refractivity contribution in [2.45, 2.75) is 0 Å². The smallest absolute Gasteiger partial charge is 0.255 e. The van der Waals surface area contributed by atoms with Gasteiger partial charge in [-0.3, -0.25) is 4.79 Å². The molecule has 16 heavy (non-hydrogen) atoms. The van der Waals surface area contributed by atoms with E-state index in [-0.39, 0.29) is 12.5 Å². The fourth-order valence-electron chi connectivity index (χ4n) is 1.21. The molecule has 1 amide bonds. The fourth-order valence-corrected chi connectivity index (χ4v) is 1.63. The van der Waals surface area contributed by atoms with Crippen LogP contribution in [0.5, 0.6) is 5.75 Å². The third-order valence-electron chi connectivity index (χ3n) is 2.08. The molecule has 0 aromatic heterocycles. The molecule has 1 rings (SSSR count). The van der Waals surface area contributed by atoms with Gasteiger partial charge in [0.1, 0.15) is 5.75 Å². The lowest BCUT2D eigenvalue weighted by molar-refractivity contribution is 0.0811. The molecule has 0 unspecified atom stereocenters. The molecular weight excluding hydrogens is 270 g/mol. The van der Waals surface area contributed by atoms with Crippen molar-refractivity contribution in [1.29, 1.82) is 0 Å². The Morgan fingerprint density at radius 1 is 1.62 bits per heavy atom. The number of rotatable bonds is 3. The van der Waals surface area contributed by atoms with Crippen LogP contribution >= 0.6 is 15.9 Å². The molecule has 0 bridgehead atoms. The van der Waals surface area contributed by atoms with Gasteiger partial charge in [0.25, 0.3) is 5.91 Å². The van der Waals surface area contributed by atoms with E-state index in [2.05, 4.69) is 21.9 Å². The summed E-state index contributed by atoms with van der Waals surface area (Å²) >= 11 is 3.32. The maximum atomic E-state index is 12.0. The quantitative estimate of drug-likeness (QED) is 0.795. The van der Waals surface area contributed by atoms with Gasteiger partial charge < -0.3 is 9.64 Å². The molecule has 0 aliphatic rings. The predicted molar refractivity (Wildman–Crippen MR) is 66.5 cm³/mol. The minimum Gasteiger partial charge on any atom is -0.497 e. The second kappa shape index (κ2) is 5.57. The van der Waals surface area contributed by atoms with Crippen LogP contribution in [-0.4, -0.2) is 31.5 Å². The number of benzene rings is 1. The predicted octanol–water partition coefficient (Wildman–Crippen LogP) is 2.16. The average Bonchev–Trinajstić information content (AvgIpc) is 2.29. The normalized spacial score (nSPS) is 9.38. The van der Waals surface area contributed by atoms with Crippen LogP contribution in [0.2, 0.25) is 0 Å². The monoisotopic (exact) mass is 281 g/mol. The van der Waals surface area contributed by atoms with E-state index in [1.165, 1.54) is 4.90 Å². The van der Waals surface area contributed by atoms with Gasteiger partial charge in [-0.25, -0.2) is 0 Å². The first kappa shape index (κ1) is 12.6. The van der Waals surface area contributed by atoms with Crippen molar-refractivity contribution in [3.63, 3.8) is 0 Å². The van der Waals surface area contributed by atoms with Crippen molar-refractivity contribution in [3.8, 4) is 18.1 Å². The number of carbonyl (C=O) groups is 1. The molecule has 84 valence electrons. The Balaban J connectivity index is 3.03. The third kappa shape index (κ3) is 2.77. The number of halogens is 1. The van der Waals surface area contributed by atoms with Crippen LogP contribution in [0.25, 0.3) is 0 Å². The van der Waals surface area contributed by atoms with Crippen molar-refractivity contribution >= 4 is 21.8 Å². The summed E-state index contributed by atoms with van der Waals surface area (Å²) in [5.74, 6) is 2.93. The Morgan fingerprint density at radius 2 is 2.31 bits per heavy atom. The average molecular weight is 282 g/mol. The number of terminal acetylenes is 1. The number of carbonyl (C=O) groups excluding carboxylic acids is 1. The molecule has 0 atom stereocenters. The van der Waals surface area contributed by atoms with Crippen LogP contribution in [-0.2, 0) is 0 Å². The van der Waals surface area contributed by atoms with Gasteiger partial charge in [-0.2, -0.15) is 0 Å². The summed E-state index contributed by atoms with van der Waals surface area (Å²) in [6.07, 6.45) is 5.16. The standard InChI is InChI=1S/C12H12BrNO2/c1-4-7-14(2)12(15)10-8-9(16-3)5-6-11(10)13/h1,5-6,8H,7H2,2-3H3. The van der Waals surface area contributed by atoms with Crippen LogP contribution in [0.3, 0.4) is 0 Å². The van der Waals surface area contributed by atoms with Gasteiger partial charge in [-0.05, 0) is 34.1 Å². The summed E-state index contributed by atoms with van der Waals surface area (Å²) in [5, 5.41) is 0. The minimum absolute atomic E-state index is 0.135. The van der Waals surface area contributed by atoms with Crippen molar-refractivity contribution < 1.29 is 9.53 Å². The van der Waals surface area contributed by atoms with Gasteiger partial charge >= 0.3 is 0 Å². The SMILES string of the molecule is C#CCN(C)C(=O)c1cc(OC)ccc1Br. The summed E-state index contributed by atoms with van der Waals surface area (Å²) < 4.78 is 5.79. The Morgan fingerprint density at radius 3 is 2.88 bits per heavy atom. The van der Waals surface area contributed by atoms with Crippen LogP contribution in [0.1, 0.15) is 10.4 Å². The summed E-state index contributed by atoms with van der Waals surface area (Å²) in [6.45, 7) is 0.280. The first-order valence-corrected chi connectivity index (χ1v) is 5.42. The van der Waals surface area contributed by atoms with Gasteiger partial charge in [0.05, 0.1) is 19.2 Å². The molecule has 0 saturated carbocycles. The van der Waals surface area contributed by atoms with Gasteiger partial charge in [-0.1, -0.05) is 5.92 Å². The summed E-state index contributed by atoms with van der Waals surface area (Å²) in [5.41, 5.74) is 0.539. The van der Waals surface area contributed by atoms with Crippen molar-refractivity contribution in [1.82, 2.24) is 4.90 Å². The molecule has 0 radical (unpaired) electrons. The molecule has 0 fully saturated rings. The number of methoxy groups -OCH3 is 1. The third-order valence-corrected chi connectivity index (χ3v) is 2.77. The lowest BCUT2D eigenvalue weighted by Gasteiger charge is -2.15. The first-order chi connectivity index (χ1) is 7.60. The molecule has 1 aromatic carbocycles. The molecule has 0 heterocycles. The topological polar surface area (TPSA) is 29.5 Å². The summed E-state index contributed by atoms with van der Waals surface area (Å²) in [7, 11) is 3.22. The molecule has 0 aliphatic carbocycles. The van der Waals surface area contributed by atoms with E-state index >= 15 is 0 Å². The molecular formula is C12H12BrNO2. The molecule has 0 spiro atoms. The molecule has 3 nitrogen and oxygen atoms in total. The largest absolute Gasteiger partial charge is 0.497 e. The zero-order valence-electron chi connectivity index (χ0n) is 9.16. The highest BCUT2D eigenvalue weighted by Crippen LogP contribution is 2.23. The number of hydrogen-bond acceptors (Lipinski definition) is 2. The Hall–Kier alpha value is -1.47. The van der Waals surface area contributed by atoms with Crippen LogP contribution in [0, 0.1) is 12.3 Å². The molecule has 1 aromatic rings. The Kier molecular flexibility index (Phi) is 4.39. The lowest BCUT2D eigenvalue weighted by Crippen LogP contribution is -2.27. The number of hydrogen-bond donors (Lipinski definition) is 0. The van der Waals surface area contributed by atoms with Crippen LogP contribution in [0.4, 0.5) is 0 Å². The van der Waals surface area contributed by atoms with Crippen molar-refractivity contribution in [2.24, 2.45) is 0 Å². The summed E-state index contributed by atoms with van der Waals surface area (Å²) in [6, 6.07) is 5.23. The highest BCUT2D eigenvalue weighted by Gasteiger charge is 2.14. The Labute approximate surface area is 104 Å². The van der Waals surface area contributed by atoms with E-state index < -0.39 is 0 Å². The zero-order chi connectivity index (χ0) is 12.1. The maximum Gasteiger partial charge on any atom is 0.255 e. The second-order valence-corrected chi connectivity index (χ2v) is 4.07. The second-order valence-electron chi connectivity index (χ2n) is 3.21. The van der Waals surface area contributed by atoms with Crippen molar-refractivity contribution in [3.05, 3.63) is 28.2 Å². The van der Waals surface area contributed by atoms with Gasteiger partial charge in [-0.15, -0.1) is 6.42 Å². The van der Waals surface area contributed by atoms with E-state index in [4.69, 9.17) is 11.2 Å². The van der Waals surface area contributed by atoms with Crippen LogP contribution < -0.4 is 4.74 Å². The highest BCUT2D eigenvalue weighted by molar-refractivity contribution is 9.10. The van der Waals surface area contributed by atoms with E-state index in [1.807, 2.05) is 0 Å². The maximum absolute atomic E-state index is 12.0. The molecule has 0 N–H and O–H groups in total. The fraction of sp³-hybridized carbons (Fsp3) is 0.250. The molecule has 0 saturated heterocycles. The molecule has 0 aliphatic heterocycles. The number of ether oxygens (including phenoxy) is 1. The number of amides is 1. The summed E-state index contributed by atoms with van der Waals surface area (Å²) in [4.78, 5) is 13.4. The number of nitrogens with zero attached hydrogens (tertiary/aromatic N) is 1. The Bertz CT molecular complexity index is 437. The van der Waals surface area contributed by atoms with E-state index in [9.17, 15) is 4.79 Å². The van der Waals surface area contributed by atoms with Gasteiger partial charge in [0.15, 0.2) is 0 Å². The molecule has 4 heteroatoms. The van der Waals surface area contributed by atoms with E-state index in [1.54, 1.807) is 32.4 Å².